The third kappa shape index (κ3) is 2.14. The summed E-state index contributed by atoms with van der Waals surface area (Å²) in [6, 6.07) is 3.75. The van der Waals surface area contributed by atoms with Gasteiger partial charge in [0.05, 0.1) is 7.11 Å². The molecule has 0 saturated carbocycles. The van der Waals surface area contributed by atoms with Crippen molar-refractivity contribution in [3.8, 4) is 5.75 Å². The molecule has 0 atom stereocenters. The van der Waals surface area contributed by atoms with Crippen LogP contribution in [0.2, 0.25) is 5.02 Å². The van der Waals surface area contributed by atoms with E-state index >= 15 is 0 Å². The van der Waals surface area contributed by atoms with Gasteiger partial charge in [0.2, 0.25) is 0 Å². The fraction of sp³-hybridized carbons (Fsp3) is 0.400. The Hall–Kier alpha value is -0.730. The quantitative estimate of drug-likeness (QED) is 0.807. The zero-order valence-corrected chi connectivity index (χ0v) is 8.90. The fourth-order valence-corrected chi connectivity index (χ4v) is 1.47. The highest BCUT2D eigenvalue weighted by atomic mass is 35.5. The number of halogens is 1. The second-order valence-corrected chi connectivity index (χ2v) is 3.29. The molecular weight excluding hydrogens is 186 g/mol. The number of ether oxygens (including phenoxy) is 1. The summed E-state index contributed by atoms with van der Waals surface area (Å²) in [4.78, 5) is 0. The van der Waals surface area contributed by atoms with Gasteiger partial charge in [0.15, 0.2) is 0 Å². The SMILES string of the molecule is CNCc1c(OC)ccc(Cl)c1C. The van der Waals surface area contributed by atoms with Crippen LogP contribution in [0.1, 0.15) is 11.1 Å². The molecule has 0 aliphatic rings. The van der Waals surface area contributed by atoms with E-state index in [1.54, 1.807) is 7.11 Å². The summed E-state index contributed by atoms with van der Waals surface area (Å²) in [6.07, 6.45) is 0. The van der Waals surface area contributed by atoms with Crippen LogP contribution in [0.15, 0.2) is 12.1 Å². The first-order valence-corrected chi connectivity index (χ1v) is 4.55. The Kier molecular flexibility index (Phi) is 3.58. The molecule has 1 N–H and O–H groups in total. The van der Waals surface area contributed by atoms with Crippen LogP contribution < -0.4 is 10.1 Å². The van der Waals surface area contributed by atoms with E-state index in [-0.39, 0.29) is 0 Å². The van der Waals surface area contributed by atoms with E-state index in [2.05, 4.69) is 5.32 Å². The third-order valence-electron chi connectivity index (χ3n) is 2.06. The smallest absolute Gasteiger partial charge is 0.123 e. The third-order valence-corrected chi connectivity index (χ3v) is 2.47. The first-order valence-electron chi connectivity index (χ1n) is 4.17. The highest BCUT2D eigenvalue weighted by molar-refractivity contribution is 6.31. The molecule has 1 aromatic rings. The van der Waals surface area contributed by atoms with Gasteiger partial charge in [-0.15, -0.1) is 0 Å². The van der Waals surface area contributed by atoms with Crippen molar-refractivity contribution in [1.82, 2.24) is 5.32 Å². The topological polar surface area (TPSA) is 21.3 Å². The number of nitrogens with one attached hydrogen (secondary N) is 1. The van der Waals surface area contributed by atoms with Gasteiger partial charge in [-0.2, -0.15) is 0 Å². The van der Waals surface area contributed by atoms with Crippen LogP contribution in [0.4, 0.5) is 0 Å². The van der Waals surface area contributed by atoms with Crippen molar-refractivity contribution < 1.29 is 4.74 Å². The van der Waals surface area contributed by atoms with Crippen molar-refractivity contribution >= 4 is 11.6 Å². The molecule has 0 amide bonds. The number of hydrogen-bond acceptors (Lipinski definition) is 2. The average Bonchev–Trinajstić information content (AvgIpc) is 2.14. The highest BCUT2D eigenvalue weighted by Crippen LogP contribution is 2.27. The molecule has 0 aliphatic carbocycles. The predicted octanol–water partition coefficient (Wildman–Crippen LogP) is 2.38. The van der Waals surface area contributed by atoms with Crippen molar-refractivity contribution in [2.24, 2.45) is 0 Å². The lowest BCUT2D eigenvalue weighted by Gasteiger charge is -2.12. The molecule has 1 aromatic carbocycles. The van der Waals surface area contributed by atoms with Crippen molar-refractivity contribution in [2.45, 2.75) is 13.5 Å². The normalized spacial score (nSPS) is 10.2. The average molecular weight is 200 g/mol. The lowest BCUT2D eigenvalue weighted by Crippen LogP contribution is -2.08. The van der Waals surface area contributed by atoms with Gasteiger partial charge in [-0.25, -0.2) is 0 Å². The minimum absolute atomic E-state index is 0.773. The van der Waals surface area contributed by atoms with Crippen molar-refractivity contribution in [1.29, 1.82) is 0 Å². The maximum absolute atomic E-state index is 6.00. The Balaban J connectivity index is 3.15. The largest absolute Gasteiger partial charge is 0.496 e. The Morgan fingerprint density at radius 1 is 1.46 bits per heavy atom. The predicted molar refractivity (Wildman–Crippen MR) is 55.5 cm³/mol. The van der Waals surface area contributed by atoms with Crippen LogP contribution in [0.25, 0.3) is 0 Å². The Labute approximate surface area is 83.9 Å². The molecule has 0 aliphatic heterocycles. The maximum Gasteiger partial charge on any atom is 0.123 e. The molecule has 0 fully saturated rings. The first kappa shape index (κ1) is 10.4. The molecule has 0 spiro atoms. The summed E-state index contributed by atoms with van der Waals surface area (Å²) < 4.78 is 5.24. The molecule has 3 heteroatoms. The molecule has 1 rings (SSSR count). The van der Waals surface area contributed by atoms with Crippen LogP contribution in [0.3, 0.4) is 0 Å². The highest BCUT2D eigenvalue weighted by Gasteiger charge is 2.07. The van der Waals surface area contributed by atoms with Crippen LogP contribution in [-0.2, 0) is 6.54 Å². The second-order valence-electron chi connectivity index (χ2n) is 2.88. The standard InChI is InChI=1S/C10H14ClNO/c1-7-8(6-12-2)10(13-3)5-4-9(7)11/h4-5,12H,6H2,1-3H3. The monoisotopic (exact) mass is 199 g/mol. The minimum atomic E-state index is 0.773. The summed E-state index contributed by atoms with van der Waals surface area (Å²) in [7, 11) is 3.57. The number of hydrogen-bond donors (Lipinski definition) is 1. The Morgan fingerprint density at radius 3 is 2.69 bits per heavy atom. The molecule has 13 heavy (non-hydrogen) atoms. The number of rotatable bonds is 3. The lowest BCUT2D eigenvalue weighted by molar-refractivity contribution is 0.408. The van der Waals surface area contributed by atoms with E-state index in [0.717, 1.165) is 28.4 Å². The molecule has 0 unspecified atom stereocenters. The van der Waals surface area contributed by atoms with Gasteiger partial charge in [0, 0.05) is 17.1 Å². The first-order chi connectivity index (χ1) is 6.20. The lowest BCUT2D eigenvalue weighted by atomic mass is 10.1. The van der Waals surface area contributed by atoms with Gasteiger partial charge in [-0.05, 0) is 31.7 Å². The molecule has 0 radical (unpaired) electrons. The van der Waals surface area contributed by atoms with Crippen LogP contribution >= 0.6 is 11.6 Å². The summed E-state index contributed by atoms with van der Waals surface area (Å²) in [5.41, 5.74) is 2.20. The van der Waals surface area contributed by atoms with Crippen LogP contribution in [0.5, 0.6) is 5.75 Å². The molecular formula is C10H14ClNO. The van der Waals surface area contributed by atoms with E-state index < -0.39 is 0 Å². The van der Waals surface area contributed by atoms with Crippen LogP contribution in [0, 0.1) is 6.92 Å². The van der Waals surface area contributed by atoms with E-state index in [9.17, 15) is 0 Å². The summed E-state index contributed by atoms with van der Waals surface area (Å²) in [5, 5.41) is 3.87. The van der Waals surface area contributed by atoms with Gasteiger partial charge >= 0.3 is 0 Å². The zero-order valence-electron chi connectivity index (χ0n) is 8.15. The van der Waals surface area contributed by atoms with Gasteiger partial charge in [-0.1, -0.05) is 11.6 Å². The minimum Gasteiger partial charge on any atom is -0.496 e. The molecule has 2 nitrogen and oxygen atoms in total. The van der Waals surface area contributed by atoms with E-state index in [4.69, 9.17) is 16.3 Å². The molecule has 0 aromatic heterocycles. The van der Waals surface area contributed by atoms with Crippen molar-refractivity contribution in [2.75, 3.05) is 14.2 Å². The number of benzene rings is 1. The van der Waals surface area contributed by atoms with Crippen LogP contribution in [-0.4, -0.2) is 14.2 Å². The summed E-state index contributed by atoms with van der Waals surface area (Å²) in [6.45, 7) is 2.77. The molecule has 0 heterocycles. The fourth-order valence-electron chi connectivity index (χ4n) is 1.29. The maximum atomic E-state index is 6.00. The van der Waals surface area contributed by atoms with Gasteiger partial charge in [0.25, 0.3) is 0 Å². The molecule has 0 saturated heterocycles. The van der Waals surface area contributed by atoms with E-state index in [1.165, 1.54) is 0 Å². The Bertz CT molecular complexity index is 299. The second kappa shape index (κ2) is 4.49. The number of methoxy groups -OCH3 is 1. The van der Waals surface area contributed by atoms with Gasteiger partial charge in [-0.3, -0.25) is 0 Å². The van der Waals surface area contributed by atoms with Crippen molar-refractivity contribution in [3.05, 3.63) is 28.3 Å². The van der Waals surface area contributed by atoms with E-state index in [0.29, 0.717) is 0 Å². The summed E-state index contributed by atoms with van der Waals surface area (Å²) >= 11 is 6.00. The Morgan fingerprint density at radius 2 is 2.15 bits per heavy atom. The molecule has 0 bridgehead atoms. The van der Waals surface area contributed by atoms with Gasteiger partial charge < -0.3 is 10.1 Å². The van der Waals surface area contributed by atoms with Crippen molar-refractivity contribution in [3.63, 3.8) is 0 Å². The zero-order chi connectivity index (χ0) is 9.84. The summed E-state index contributed by atoms with van der Waals surface area (Å²) in [5.74, 6) is 0.885. The molecule has 72 valence electrons. The van der Waals surface area contributed by atoms with Gasteiger partial charge in [0.1, 0.15) is 5.75 Å². The van der Waals surface area contributed by atoms with E-state index in [1.807, 2.05) is 26.1 Å².